The summed E-state index contributed by atoms with van der Waals surface area (Å²) in [4.78, 5) is 18.0. The van der Waals surface area contributed by atoms with Crippen molar-refractivity contribution < 1.29 is 13.2 Å². The van der Waals surface area contributed by atoms with Gasteiger partial charge in [-0.15, -0.1) is 0 Å². The molecule has 0 bridgehead atoms. The van der Waals surface area contributed by atoms with Crippen molar-refractivity contribution in [1.82, 2.24) is 19.8 Å². The molecule has 2 heterocycles. The Hall–Kier alpha value is -2.39. The summed E-state index contributed by atoms with van der Waals surface area (Å²) in [5.74, 6) is -0.181. The molecule has 0 radical (unpaired) electrons. The Kier molecular flexibility index (Phi) is 5.05. The minimum Gasteiger partial charge on any atom is -0.334 e. The van der Waals surface area contributed by atoms with E-state index >= 15 is 0 Å². The molecule has 3 N–H and O–H groups in total. The SMILES string of the molecule is NS(=O)(=O)CC1CCN(C(=O)NCc2ccccc2-n2ccnc2)C1. The lowest BCUT2D eigenvalue weighted by Crippen LogP contribution is -2.38. The van der Waals surface area contributed by atoms with Crippen molar-refractivity contribution in [2.75, 3.05) is 18.8 Å². The highest BCUT2D eigenvalue weighted by Crippen LogP contribution is 2.18. The number of para-hydroxylation sites is 1. The molecule has 3 rings (SSSR count). The van der Waals surface area contributed by atoms with E-state index in [0.717, 1.165) is 11.3 Å². The van der Waals surface area contributed by atoms with E-state index in [1.165, 1.54) is 0 Å². The van der Waals surface area contributed by atoms with E-state index in [0.29, 0.717) is 26.1 Å². The molecule has 134 valence electrons. The molecule has 1 fully saturated rings. The number of nitrogens with zero attached hydrogens (tertiary/aromatic N) is 3. The average molecular weight is 363 g/mol. The summed E-state index contributed by atoms with van der Waals surface area (Å²) in [6.45, 7) is 1.32. The van der Waals surface area contributed by atoms with Crippen LogP contribution in [0, 0.1) is 5.92 Å². The van der Waals surface area contributed by atoms with Crippen LogP contribution in [-0.4, -0.2) is 47.7 Å². The van der Waals surface area contributed by atoms with Crippen LogP contribution in [0.4, 0.5) is 4.79 Å². The molecule has 1 atom stereocenters. The molecular weight excluding hydrogens is 342 g/mol. The number of nitrogens with one attached hydrogen (secondary N) is 1. The maximum atomic E-state index is 12.3. The third-order valence-corrected chi connectivity index (χ3v) is 5.18. The van der Waals surface area contributed by atoms with E-state index < -0.39 is 10.0 Å². The van der Waals surface area contributed by atoms with E-state index in [2.05, 4.69) is 10.3 Å². The van der Waals surface area contributed by atoms with Crippen molar-refractivity contribution >= 4 is 16.1 Å². The summed E-state index contributed by atoms with van der Waals surface area (Å²) < 4.78 is 24.2. The fourth-order valence-electron chi connectivity index (χ4n) is 3.08. The number of primary sulfonamides is 1. The predicted octanol–water partition coefficient (Wildman–Crippen LogP) is 0.692. The van der Waals surface area contributed by atoms with Crippen LogP contribution in [0.1, 0.15) is 12.0 Å². The van der Waals surface area contributed by atoms with Gasteiger partial charge in [0.1, 0.15) is 0 Å². The summed E-state index contributed by atoms with van der Waals surface area (Å²) in [7, 11) is -3.51. The van der Waals surface area contributed by atoms with Crippen LogP contribution in [0.5, 0.6) is 0 Å². The number of imidazole rings is 1. The highest BCUT2D eigenvalue weighted by Gasteiger charge is 2.28. The lowest BCUT2D eigenvalue weighted by molar-refractivity contribution is 0.207. The normalized spacial score (nSPS) is 17.6. The summed E-state index contributed by atoms with van der Waals surface area (Å²) in [6.07, 6.45) is 5.90. The number of sulfonamides is 1. The van der Waals surface area contributed by atoms with E-state index in [1.54, 1.807) is 17.4 Å². The van der Waals surface area contributed by atoms with Gasteiger partial charge in [-0.3, -0.25) is 0 Å². The fourth-order valence-corrected chi connectivity index (χ4v) is 4.01. The van der Waals surface area contributed by atoms with Gasteiger partial charge >= 0.3 is 6.03 Å². The van der Waals surface area contributed by atoms with Gasteiger partial charge in [0.2, 0.25) is 10.0 Å². The van der Waals surface area contributed by atoms with Crippen LogP contribution >= 0.6 is 0 Å². The van der Waals surface area contributed by atoms with Crippen molar-refractivity contribution in [1.29, 1.82) is 0 Å². The number of rotatable bonds is 5. The number of hydrogen-bond acceptors (Lipinski definition) is 4. The lowest BCUT2D eigenvalue weighted by atomic mass is 10.1. The average Bonchev–Trinajstić information content (AvgIpc) is 3.23. The van der Waals surface area contributed by atoms with Crippen LogP contribution in [0.15, 0.2) is 43.0 Å². The fraction of sp³-hybridized carbons (Fsp3) is 0.375. The Morgan fingerprint density at radius 2 is 2.16 bits per heavy atom. The van der Waals surface area contributed by atoms with E-state index in [1.807, 2.05) is 35.0 Å². The van der Waals surface area contributed by atoms with Gasteiger partial charge in [-0.1, -0.05) is 18.2 Å². The molecule has 0 spiro atoms. The number of carbonyl (C=O) groups excluding carboxylic acids is 1. The number of likely N-dealkylation sites (tertiary alicyclic amines) is 1. The zero-order chi connectivity index (χ0) is 17.9. The second-order valence-electron chi connectivity index (χ2n) is 6.19. The molecule has 0 aliphatic carbocycles. The Morgan fingerprint density at radius 1 is 1.36 bits per heavy atom. The predicted molar refractivity (Wildman–Crippen MR) is 93.5 cm³/mol. The molecule has 8 nitrogen and oxygen atoms in total. The lowest BCUT2D eigenvalue weighted by Gasteiger charge is -2.18. The van der Waals surface area contributed by atoms with Crippen LogP contribution in [-0.2, 0) is 16.6 Å². The van der Waals surface area contributed by atoms with Gasteiger partial charge < -0.3 is 14.8 Å². The third-order valence-electron chi connectivity index (χ3n) is 4.25. The molecule has 1 aromatic carbocycles. The van der Waals surface area contributed by atoms with Gasteiger partial charge in [0.05, 0.1) is 17.8 Å². The first-order valence-corrected chi connectivity index (χ1v) is 9.73. The van der Waals surface area contributed by atoms with Gasteiger partial charge in [0, 0.05) is 32.0 Å². The van der Waals surface area contributed by atoms with Crippen LogP contribution in [0.3, 0.4) is 0 Å². The molecule has 1 aliphatic rings. The maximum Gasteiger partial charge on any atom is 0.317 e. The van der Waals surface area contributed by atoms with Crippen LogP contribution < -0.4 is 10.5 Å². The molecule has 1 aliphatic heterocycles. The van der Waals surface area contributed by atoms with E-state index in [-0.39, 0.29) is 17.7 Å². The Bertz CT molecular complexity index is 835. The molecule has 2 amide bonds. The van der Waals surface area contributed by atoms with Crippen molar-refractivity contribution in [3.05, 3.63) is 48.5 Å². The number of carbonyl (C=O) groups is 1. The van der Waals surface area contributed by atoms with Crippen LogP contribution in [0.25, 0.3) is 5.69 Å². The highest BCUT2D eigenvalue weighted by atomic mass is 32.2. The maximum absolute atomic E-state index is 12.3. The third kappa shape index (κ3) is 4.58. The highest BCUT2D eigenvalue weighted by molar-refractivity contribution is 7.89. The first-order valence-electron chi connectivity index (χ1n) is 8.02. The Labute approximate surface area is 146 Å². The number of urea groups is 1. The summed E-state index contributed by atoms with van der Waals surface area (Å²) in [5, 5.41) is 7.98. The zero-order valence-corrected chi connectivity index (χ0v) is 14.5. The zero-order valence-electron chi connectivity index (χ0n) is 13.7. The summed E-state index contributed by atoms with van der Waals surface area (Å²) in [5.41, 5.74) is 1.92. The second-order valence-corrected chi connectivity index (χ2v) is 7.85. The number of aromatic nitrogens is 2. The van der Waals surface area contributed by atoms with E-state index in [9.17, 15) is 13.2 Å². The standard InChI is InChI=1S/C16H21N5O3S/c17-25(23,24)11-13-5-7-20(10-13)16(22)19-9-14-3-1-2-4-15(14)21-8-6-18-12-21/h1-4,6,8,12-13H,5,7,9-11H2,(H,19,22)(H2,17,23,24). The second kappa shape index (κ2) is 7.24. The topological polar surface area (TPSA) is 110 Å². The summed E-state index contributed by atoms with van der Waals surface area (Å²) >= 11 is 0. The van der Waals surface area contributed by atoms with Crippen molar-refractivity contribution in [2.45, 2.75) is 13.0 Å². The molecular formula is C16H21N5O3S. The van der Waals surface area contributed by atoms with Gasteiger partial charge in [-0.2, -0.15) is 0 Å². The quantitative estimate of drug-likeness (QED) is 0.814. The molecule has 1 saturated heterocycles. The number of amides is 2. The Balaban J connectivity index is 1.59. The smallest absolute Gasteiger partial charge is 0.317 e. The molecule has 1 unspecified atom stereocenters. The Morgan fingerprint density at radius 3 is 2.88 bits per heavy atom. The number of hydrogen-bond donors (Lipinski definition) is 2. The van der Waals surface area contributed by atoms with Gasteiger partial charge in [0.15, 0.2) is 0 Å². The minimum atomic E-state index is -3.51. The molecule has 25 heavy (non-hydrogen) atoms. The number of benzene rings is 1. The monoisotopic (exact) mass is 363 g/mol. The van der Waals surface area contributed by atoms with Crippen LogP contribution in [0.2, 0.25) is 0 Å². The van der Waals surface area contributed by atoms with Gasteiger partial charge in [0.25, 0.3) is 0 Å². The van der Waals surface area contributed by atoms with Crippen molar-refractivity contribution in [2.24, 2.45) is 11.1 Å². The minimum absolute atomic E-state index is 0.0831. The first-order chi connectivity index (χ1) is 11.9. The summed E-state index contributed by atoms with van der Waals surface area (Å²) in [6, 6.07) is 7.56. The molecule has 1 aromatic heterocycles. The first kappa shape index (κ1) is 17.4. The van der Waals surface area contributed by atoms with Gasteiger partial charge in [-0.25, -0.2) is 23.3 Å². The largest absolute Gasteiger partial charge is 0.334 e. The van der Waals surface area contributed by atoms with Gasteiger partial charge in [-0.05, 0) is 24.0 Å². The molecule has 9 heteroatoms. The number of nitrogens with two attached hydrogens (primary N) is 1. The van der Waals surface area contributed by atoms with E-state index in [4.69, 9.17) is 5.14 Å². The van der Waals surface area contributed by atoms with Crippen molar-refractivity contribution in [3.63, 3.8) is 0 Å². The molecule has 2 aromatic rings. The van der Waals surface area contributed by atoms with Crippen molar-refractivity contribution in [3.8, 4) is 5.69 Å². The molecule has 0 saturated carbocycles.